The van der Waals surface area contributed by atoms with Crippen molar-refractivity contribution in [3.8, 4) is 0 Å². The fourth-order valence-corrected chi connectivity index (χ4v) is 11.5. The highest BCUT2D eigenvalue weighted by Gasteiger charge is 2.59. The van der Waals surface area contributed by atoms with Crippen LogP contribution in [0.15, 0.2) is 30.3 Å². The Bertz CT molecular complexity index is 1380. The van der Waals surface area contributed by atoms with Crippen LogP contribution in [0, 0.1) is 6.92 Å². The third-order valence-electron chi connectivity index (χ3n) is 8.94. The van der Waals surface area contributed by atoms with Crippen LogP contribution in [0.4, 0.5) is 0 Å². The lowest BCUT2D eigenvalue weighted by Gasteiger charge is -2.54. The van der Waals surface area contributed by atoms with E-state index in [4.69, 9.17) is 22.4 Å². The van der Waals surface area contributed by atoms with Gasteiger partial charge in [-0.15, -0.1) is 11.3 Å². The van der Waals surface area contributed by atoms with Crippen molar-refractivity contribution < 1.29 is 32.3 Å². The lowest BCUT2D eigenvalue weighted by Crippen LogP contribution is -2.69. The van der Waals surface area contributed by atoms with Crippen LogP contribution in [0.3, 0.4) is 0 Å². The molecule has 2 heterocycles. The van der Waals surface area contributed by atoms with E-state index in [-0.39, 0.29) is 5.04 Å². The largest absolute Gasteiger partial charge is 0.432 e. The second-order valence-corrected chi connectivity index (χ2v) is 42.7. The zero-order valence-electron chi connectivity index (χ0n) is 33.7. The van der Waals surface area contributed by atoms with Crippen LogP contribution in [0.2, 0.25) is 96.7 Å². The summed E-state index contributed by atoms with van der Waals surface area (Å²) in [6.07, 6.45) is -0.711. The SMILES string of the molecule is Cc1sc(C2(O)O[C@H](CO[Si](C)(C)C)[C@@H](O[Si](C)(C)C)[C@H](O[Si](C)(C)C)[C@H]2O[Si](C)(C)C)cc1Cc1ccc(CC(C)(C)[Si](C)(C)O)cc1. The van der Waals surface area contributed by atoms with Crippen molar-refractivity contribution in [2.75, 3.05) is 6.61 Å². The topological polar surface area (TPSA) is 86.6 Å². The molecular weight excluding hydrogens is 717 g/mol. The Balaban J connectivity index is 2.08. The summed E-state index contributed by atoms with van der Waals surface area (Å²) >= 11 is 1.57. The molecule has 49 heavy (non-hydrogen) atoms. The number of hydrogen-bond acceptors (Lipinski definition) is 8. The van der Waals surface area contributed by atoms with Gasteiger partial charge in [-0.3, -0.25) is 0 Å². The number of rotatable bonds is 15. The number of aliphatic hydroxyl groups is 1. The highest BCUT2D eigenvalue weighted by atomic mass is 32.1. The van der Waals surface area contributed by atoms with Crippen molar-refractivity contribution in [2.24, 2.45) is 0 Å². The summed E-state index contributed by atoms with van der Waals surface area (Å²) in [4.78, 5) is 12.7. The lowest BCUT2D eigenvalue weighted by molar-refractivity contribution is -0.347. The van der Waals surface area contributed by atoms with Gasteiger partial charge in [0.15, 0.2) is 41.6 Å². The molecule has 1 aliphatic heterocycles. The summed E-state index contributed by atoms with van der Waals surface area (Å²) in [5, 5.41) is 12.9. The minimum absolute atomic E-state index is 0.120. The Kier molecular flexibility index (Phi) is 13.4. The fourth-order valence-electron chi connectivity index (χ4n) is 5.84. The van der Waals surface area contributed by atoms with Crippen LogP contribution < -0.4 is 0 Å². The van der Waals surface area contributed by atoms with Gasteiger partial charge in [0.1, 0.15) is 24.4 Å². The van der Waals surface area contributed by atoms with E-state index in [1.165, 1.54) is 11.1 Å². The highest BCUT2D eigenvalue weighted by Crippen LogP contribution is 2.46. The molecule has 280 valence electrons. The van der Waals surface area contributed by atoms with Gasteiger partial charge in [-0.05, 0) is 139 Å². The molecule has 13 heteroatoms. The van der Waals surface area contributed by atoms with E-state index in [0.29, 0.717) is 6.61 Å². The predicted octanol–water partition coefficient (Wildman–Crippen LogP) is 9.22. The van der Waals surface area contributed by atoms with Crippen LogP contribution in [0.5, 0.6) is 0 Å². The standard InChI is InChI=1S/C36H68O7SSi5/c1-26-29(22-27-18-20-28(21-19-27)24-35(2,3)49(16,17)38)23-31(44-26)36(37)34(43-48(13,14)15)33(42-47(10,11)12)32(41-46(7,8)9)30(40-36)25-39-45(4,5)6/h18-21,23,30,32-34,37-38H,22,24-25H2,1-17H3/t30-,32-,33+,34-,36?/m1/s1. The molecule has 2 N–H and O–H groups in total. The predicted molar refractivity (Wildman–Crippen MR) is 218 cm³/mol. The quantitative estimate of drug-likeness (QED) is 0.174. The minimum Gasteiger partial charge on any atom is -0.432 e. The number of ether oxygens (including phenoxy) is 1. The van der Waals surface area contributed by atoms with E-state index >= 15 is 0 Å². The van der Waals surface area contributed by atoms with Crippen molar-refractivity contribution in [2.45, 2.75) is 161 Å². The van der Waals surface area contributed by atoms with E-state index in [9.17, 15) is 9.90 Å². The summed E-state index contributed by atoms with van der Waals surface area (Å²) in [6, 6.07) is 10.9. The Labute approximate surface area is 307 Å². The number of thiophene rings is 1. The fraction of sp³-hybridized carbons (Fsp3) is 0.722. The first-order valence-corrected chi connectivity index (χ1v) is 35.3. The lowest BCUT2D eigenvalue weighted by atomic mass is 9.91. The molecule has 1 unspecified atom stereocenters. The maximum absolute atomic E-state index is 13.0. The molecule has 0 aliphatic carbocycles. The third-order valence-corrected chi connectivity index (χ3v) is 17.6. The summed E-state index contributed by atoms with van der Waals surface area (Å²) in [6.45, 7) is 36.8. The Hall–Kier alpha value is -0.276. The van der Waals surface area contributed by atoms with Crippen LogP contribution >= 0.6 is 11.3 Å². The molecule has 3 rings (SSSR count). The molecule has 2 aromatic rings. The van der Waals surface area contributed by atoms with E-state index in [1.54, 1.807) is 11.3 Å². The maximum atomic E-state index is 13.0. The summed E-state index contributed by atoms with van der Waals surface area (Å²) in [5.74, 6) is -1.75. The summed E-state index contributed by atoms with van der Waals surface area (Å²) < 4.78 is 34.3. The zero-order chi connectivity index (χ0) is 37.6. The first kappa shape index (κ1) is 43.1. The van der Waals surface area contributed by atoms with Gasteiger partial charge in [0, 0.05) is 4.88 Å². The molecule has 0 bridgehead atoms. The first-order chi connectivity index (χ1) is 21.9. The average molecular weight is 785 g/mol. The molecule has 0 radical (unpaired) electrons. The van der Waals surface area contributed by atoms with E-state index in [0.717, 1.165) is 28.2 Å². The Morgan fingerprint density at radius 2 is 1.24 bits per heavy atom. The van der Waals surface area contributed by atoms with Crippen LogP contribution in [0.25, 0.3) is 0 Å². The van der Waals surface area contributed by atoms with Gasteiger partial charge in [0.05, 0.1) is 11.5 Å². The molecule has 1 fully saturated rings. The molecule has 0 saturated carbocycles. The van der Waals surface area contributed by atoms with E-state index in [1.807, 2.05) is 13.1 Å². The smallest absolute Gasteiger partial charge is 0.230 e. The van der Waals surface area contributed by atoms with Gasteiger partial charge in [0.25, 0.3) is 0 Å². The van der Waals surface area contributed by atoms with Crippen molar-refractivity contribution >= 4 is 52.9 Å². The molecular formula is C36H68O7SSi5. The van der Waals surface area contributed by atoms with E-state index in [2.05, 4.69) is 130 Å². The Morgan fingerprint density at radius 3 is 1.71 bits per heavy atom. The number of hydrogen-bond donors (Lipinski definition) is 2. The maximum Gasteiger partial charge on any atom is 0.230 e. The number of aryl methyl sites for hydroxylation is 1. The molecule has 1 saturated heterocycles. The summed E-state index contributed by atoms with van der Waals surface area (Å²) in [5.41, 5.74) is 3.59. The molecule has 5 atom stereocenters. The highest BCUT2D eigenvalue weighted by molar-refractivity contribution is 7.12. The van der Waals surface area contributed by atoms with Gasteiger partial charge >= 0.3 is 0 Å². The van der Waals surface area contributed by atoms with Gasteiger partial charge in [0.2, 0.25) is 5.79 Å². The monoisotopic (exact) mass is 784 g/mol. The van der Waals surface area contributed by atoms with Crippen LogP contribution in [-0.4, -0.2) is 82.5 Å². The zero-order valence-corrected chi connectivity index (χ0v) is 39.5. The van der Waals surface area contributed by atoms with Crippen molar-refractivity contribution in [1.82, 2.24) is 0 Å². The van der Waals surface area contributed by atoms with Crippen molar-refractivity contribution in [3.05, 3.63) is 56.8 Å². The molecule has 1 aromatic heterocycles. The van der Waals surface area contributed by atoms with E-state index < -0.39 is 71.8 Å². The van der Waals surface area contributed by atoms with Gasteiger partial charge in [-0.25, -0.2) is 0 Å². The first-order valence-electron chi connectivity index (χ1n) is 17.9. The van der Waals surface area contributed by atoms with Gasteiger partial charge in [-0.2, -0.15) is 0 Å². The molecule has 0 spiro atoms. The summed E-state index contributed by atoms with van der Waals surface area (Å²) in [7, 11) is -10.7. The molecule has 1 aliphatic rings. The van der Waals surface area contributed by atoms with Crippen molar-refractivity contribution in [3.63, 3.8) is 0 Å². The van der Waals surface area contributed by atoms with Crippen LogP contribution in [0.1, 0.15) is 40.3 Å². The van der Waals surface area contributed by atoms with Gasteiger partial charge < -0.3 is 32.3 Å². The second-order valence-electron chi connectivity index (χ2n) is 19.1. The number of benzene rings is 1. The van der Waals surface area contributed by atoms with Crippen LogP contribution in [-0.2, 0) is 41.1 Å². The average Bonchev–Trinajstić information content (AvgIpc) is 3.25. The molecule has 1 aromatic carbocycles. The minimum atomic E-state index is -2.31. The Morgan fingerprint density at radius 1 is 0.755 bits per heavy atom. The molecule has 0 amide bonds. The second kappa shape index (κ2) is 15.2. The van der Waals surface area contributed by atoms with Gasteiger partial charge in [-0.1, -0.05) is 38.1 Å². The van der Waals surface area contributed by atoms with Crippen molar-refractivity contribution in [1.29, 1.82) is 0 Å². The molecule has 7 nitrogen and oxygen atoms in total. The normalized spacial score (nSPS) is 24.8. The third kappa shape index (κ3) is 12.4.